The Bertz CT molecular complexity index is 164. The van der Waals surface area contributed by atoms with E-state index in [1.165, 1.54) is 0 Å². The van der Waals surface area contributed by atoms with Crippen LogP contribution in [-0.4, -0.2) is 43.8 Å². The van der Waals surface area contributed by atoms with E-state index < -0.39 is 34.0 Å². The Kier molecular flexibility index (Phi) is 6.98. The third-order valence-electron chi connectivity index (χ3n) is 1.23. The van der Waals surface area contributed by atoms with Crippen molar-refractivity contribution in [1.29, 1.82) is 0 Å². The smallest absolute Gasteiger partial charge is 0.357 e. The molecule has 0 bridgehead atoms. The molecule has 0 N–H and O–H groups in total. The Labute approximate surface area is 96.4 Å². The number of hydrogen-bond acceptors (Lipinski definition) is 3. The third-order valence-corrected chi connectivity index (χ3v) is 14.4. The maximum atomic E-state index is 5.77. The van der Waals surface area contributed by atoms with Crippen LogP contribution in [0, 0.1) is 0 Å². The molecule has 0 spiro atoms. The van der Waals surface area contributed by atoms with Gasteiger partial charge in [-0.1, -0.05) is 13.1 Å². The normalized spacial score (nSPS) is 13.3. The molecule has 14 heavy (non-hydrogen) atoms. The summed E-state index contributed by atoms with van der Waals surface area (Å²) in [5, 5.41) is 0. The fourth-order valence-corrected chi connectivity index (χ4v) is 7.36. The van der Waals surface area contributed by atoms with Crippen molar-refractivity contribution in [2.24, 2.45) is 0 Å². The first-order valence-electron chi connectivity index (χ1n) is 4.48. The lowest BCUT2D eigenvalue weighted by atomic mass is 11.9. The molecular formula is C6H18O3Si5. The Morgan fingerprint density at radius 1 is 1.07 bits per heavy atom. The van der Waals surface area contributed by atoms with E-state index in [0.29, 0.717) is 0 Å². The van der Waals surface area contributed by atoms with Crippen LogP contribution in [-0.2, 0) is 13.3 Å². The summed E-state index contributed by atoms with van der Waals surface area (Å²) in [6.45, 7) is 12.7. The summed E-state index contributed by atoms with van der Waals surface area (Å²) < 4.78 is 16.6. The molecule has 6 radical (unpaired) electrons. The van der Waals surface area contributed by atoms with Crippen LogP contribution in [0.4, 0.5) is 0 Å². The minimum absolute atomic E-state index is 0.419. The fourth-order valence-electron chi connectivity index (χ4n) is 0.734. The van der Waals surface area contributed by atoms with Crippen molar-refractivity contribution >= 4 is 43.8 Å². The topological polar surface area (TPSA) is 27.7 Å². The molecule has 0 aliphatic carbocycles. The maximum absolute atomic E-state index is 5.77. The van der Waals surface area contributed by atoms with Crippen LogP contribution in [0.5, 0.6) is 0 Å². The summed E-state index contributed by atoms with van der Waals surface area (Å²) in [6, 6.07) is 0. The van der Waals surface area contributed by atoms with Crippen molar-refractivity contribution in [1.82, 2.24) is 0 Å². The van der Waals surface area contributed by atoms with Crippen molar-refractivity contribution in [3.63, 3.8) is 0 Å². The van der Waals surface area contributed by atoms with Gasteiger partial charge in [0.05, 0.1) is 8.31 Å². The Morgan fingerprint density at radius 3 is 1.93 bits per heavy atom. The lowest BCUT2D eigenvalue weighted by molar-refractivity contribution is -0.125. The largest absolute Gasteiger partial charge is 0.435 e. The number of rotatable bonds is 6. The SMILES string of the molecule is C[Si](C)O[Si](C)(C)OO[Si]([Si])[Si](C)C. The summed E-state index contributed by atoms with van der Waals surface area (Å²) in [4.78, 5) is 0. The van der Waals surface area contributed by atoms with E-state index in [-0.39, 0.29) is 0 Å². The van der Waals surface area contributed by atoms with E-state index in [1.807, 2.05) is 13.1 Å². The van der Waals surface area contributed by atoms with Gasteiger partial charge in [0.2, 0.25) is 8.08 Å². The number of hydrogen-bond donors (Lipinski definition) is 0. The van der Waals surface area contributed by atoms with Gasteiger partial charge in [0, 0.05) is 9.76 Å². The minimum atomic E-state index is -2.04. The highest BCUT2D eigenvalue weighted by molar-refractivity contribution is 7.38. The van der Waals surface area contributed by atoms with Gasteiger partial charge in [0.15, 0.2) is 9.04 Å². The summed E-state index contributed by atoms with van der Waals surface area (Å²) >= 11 is 0. The van der Waals surface area contributed by atoms with Crippen molar-refractivity contribution in [2.45, 2.75) is 39.3 Å². The van der Waals surface area contributed by atoms with Crippen molar-refractivity contribution in [3.05, 3.63) is 0 Å². The summed E-state index contributed by atoms with van der Waals surface area (Å²) in [5.74, 6) is 0. The second-order valence-electron chi connectivity index (χ2n) is 3.91. The Hall–Kier alpha value is 0.964. The van der Waals surface area contributed by atoms with E-state index in [2.05, 4.69) is 35.9 Å². The van der Waals surface area contributed by atoms with Gasteiger partial charge in [-0.3, -0.25) is 4.58 Å². The van der Waals surface area contributed by atoms with Gasteiger partial charge in [-0.25, -0.2) is 0 Å². The first-order valence-corrected chi connectivity index (χ1v) is 16.1. The highest BCUT2D eigenvalue weighted by Gasteiger charge is 2.29. The van der Waals surface area contributed by atoms with Gasteiger partial charge in [-0.2, -0.15) is 0 Å². The van der Waals surface area contributed by atoms with Crippen LogP contribution in [0.15, 0.2) is 0 Å². The molecule has 0 aromatic carbocycles. The minimum Gasteiger partial charge on any atom is -0.435 e. The van der Waals surface area contributed by atoms with E-state index in [0.717, 1.165) is 0 Å². The van der Waals surface area contributed by atoms with Gasteiger partial charge < -0.3 is 8.69 Å². The van der Waals surface area contributed by atoms with Crippen LogP contribution in [0.3, 0.4) is 0 Å². The highest BCUT2D eigenvalue weighted by atomic mass is 29.6. The zero-order chi connectivity index (χ0) is 11.4. The van der Waals surface area contributed by atoms with Crippen molar-refractivity contribution in [3.8, 4) is 0 Å². The van der Waals surface area contributed by atoms with E-state index in [4.69, 9.17) is 13.3 Å². The van der Waals surface area contributed by atoms with Crippen molar-refractivity contribution < 1.29 is 13.3 Å². The molecule has 3 nitrogen and oxygen atoms in total. The fraction of sp³-hybridized carbons (Fsp3) is 1.00. The van der Waals surface area contributed by atoms with Gasteiger partial charge in [-0.15, -0.1) is 0 Å². The van der Waals surface area contributed by atoms with E-state index in [1.54, 1.807) is 0 Å². The van der Waals surface area contributed by atoms with E-state index >= 15 is 0 Å². The molecule has 0 aromatic rings. The lowest BCUT2D eigenvalue weighted by Crippen LogP contribution is -2.44. The van der Waals surface area contributed by atoms with E-state index in [9.17, 15) is 0 Å². The zero-order valence-corrected chi connectivity index (χ0v) is 14.7. The average Bonchev–Trinajstić information content (AvgIpc) is 1.97. The molecule has 0 saturated heterocycles. The summed E-state index contributed by atoms with van der Waals surface area (Å²) in [7, 11) is -0.496. The molecule has 0 fully saturated rings. The molecule has 0 unspecified atom stereocenters. The molecule has 0 aliphatic rings. The van der Waals surface area contributed by atoms with Gasteiger partial charge >= 0.3 is 8.56 Å². The molecule has 0 amide bonds. The van der Waals surface area contributed by atoms with Gasteiger partial charge in [0.1, 0.15) is 0 Å². The van der Waals surface area contributed by atoms with Crippen LogP contribution in [0.2, 0.25) is 39.3 Å². The molecule has 0 aliphatic heterocycles. The third kappa shape index (κ3) is 7.28. The first kappa shape index (κ1) is 15.0. The highest BCUT2D eigenvalue weighted by Crippen LogP contribution is 2.09. The van der Waals surface area contributed by atoms with Gasteiger partial charge in [0.25, 0.3) is 0 Å². The summed E-state index contributed by atoms with van der Waals surface area (Å²) in [6.07, 6.45) is 0. The second-order valence-corrected chi connectivity index (χ2v) is 19.6. The molecule has 8 heteroatoms. The van der Waals surface area contributed by atoms with Crippen molar-refractivity contribution in [2.75, 3.05) is 0 Å². The average molecular weight is 279 g/mol. The molecule has 0 heterocycles. The molecule has 0 aromatic heterocycles. The Morgan fingerprint density at radius 2 is 1.57 bits per heavy atom. The second kappa shape index (κ2) is 6.53. The molecule has 80 valence electrons. The predicted octanol–water partition coefficient (Wildman–Crippen LogP) is 1.39. The standard InChI is InChI=1S/C6H18O3Si5/c1-11(2)9-14(5,6)8-7-13(10)12(3)4/h1-6H3. The molecule has 0 atom stereocenters. The monoisotopic (exact) mass is 278 g/mol. The van der Waals surface area contributed by atoms with Crippen LogP contribution in [0.1, 0.15) is 0 Å². The predicted molar refractivity (Wildman–Crippen MR) is 67.2 cm³/mol. The summed E-state index contributed by atoms with van der Waals surface area (Å²) in [5.41, 5.74) is 0. The Balaban J connectivity index is 3.86. The molecule has 0 saturated carbocycles. The zero-order valence-electron chi connectivity index (χ0n) is 9.72. The first-order chi connectivity index (χ1) is 6.24. The van der Waals surface area contributed by atoms with Crippen LogP contribution in [0.25, 0.3) is 0 Å². The lowest BCUT2D eigenvalue weighted by Gasteiger charge is -2.25. The van der Waals surface area contributed by atoms with Crippen LogP contribution < -0.4 is 0 Å². The molecular weight excluding hydrogens is 260 g/mol. The van der Waals surface area contributed by atoms with Crippen LogP contribution >= 0.6 is 0 Å². The van der Waals surface area contributed by atoms with Gasteiger partial charge in [-0.05, 0) is 26.2 Å². The maximum Gasteiger partial charge on any atom is 0.357 e. The molecule has 0 rings (SSSR count). The quantitative estimate of drug-likeness (QED) is 0.417.